The highest BCUT2D eigenvalue weighted by atomic mass is 32.2. The number of ether oxygens (including phenoxy) is 1. The van der Waals surface area contributed by atoms with Gasteiger partial charge in [0.05, 0.1) is 11.4 Å². The highest BCUT2D eigenvalue weighted by Gasteiger charge is 2.43. The molecule has 8 atom stereocenters. The van der Waals surface area contributed by atoms with Crippen molar-refractivity contribution in [2.75, 3.05) is 13.6 Å². The molecule has 2 N–H and O–H groups in total. The molecule has 2 fully saturated rings. The van der Waals surface area contributed by atoms with E-state index in [2.05, 4.69) is 24.4 Å². The van der Waals surface area contributed by atoms with Gasteiger partial charge in [0.15, 0.2) is 5.78 Å². The second-order valence-electron chi connectivity index (χ2n) is 18.8. The number of likely N-dealkylation sites (tertiary alicyclic amines) is 1. The quantitative estimate of drug-likeness (QED) is 0.0472. The van der Waals surface area contributed by atoms with E-state index in [0.717, 1.165) is 48.8 Å². The number of nitrogens with zero attached hydrogens (tertiary/aromatic N) is 1. The van der Waals surface area contributed by atoms with Crippen LogP contribution in [0.25, 0.3) is 0 Å². The molecule has 0 bridgehead atoms. The zero-order valence-electron chi connectivity index (χ0n) is 38.7. The number of ketones is 2. The van der Waals surface area contributed by atoms with Gasteiger partial charge in [-0.05, 0) is 95.6 Å². The predicted octanol–water partition coefficient (Wildman–Crippen LogP) is 8.85. The fraction of sp³-hybridized carbons (Fsp3) is 0.640. The van der Waals surface area contributed by atoms with Crippen molar-refractivity contribution >= 4 is 47.0 Å². The van der Waals surface area contributed by atoms with Gasteiger partial charge in [0.25, 0.3) is 0 Å². The zero-order valence-corrected chi connectivity index (χ0v) is 39.5. The summed E-state index contributed by atoms with van der Waals surface area (Å²) < 4.78 is 4.98. The third-order valence-corrected chi connectivity index (χ3v) is 13.9. The summed E-state index contributed by atoms with van der Waals surface area (Å²) in [6.07, 6.45) is 21.5. The number of hydrogen-bond acceptors (Lipinski definition) is 9. The summed E-state index contributed by atoms with van der Waals surface area (Å²) in [5, 5.41) is 13.4. The summed E-state index contributed by atoms with van der Waals surface area (Å²) in [6.45, 7) is 20.0. The summed E-state index contributed by atoms with van der Waals surface area (Å²) in [5.41, 5.74) is 2.91. The van der Waals surface area contributed by atoms with Crippen molar-refractivity contribution in [2.45, 2.75) is 149 Å². The second kappa shape index (κ2) is 24.1. The van der Waals surface area contributed by atoms with Gasteiger partial charge >= 0.3 is 5.97 Å². The predicted molar refractivity (Wildman–Crippen MR) is 245 cm³/mol. The fourth-order valence-corrected chi connectivity index (χ4v) is 10.1. The number of carbonyl (C=O) groups excluding carboxylic acids is 6. The Morgan fingerprint density at radius 2 is 1.66 bits per heavy atom. The third-order valence-electron chi connectivity index (χ3n) is 12.4. The van der Waals surface area contributed by atoms with Crippen molar-refractivity contribution in [3.05, 3.63) is 71.4 Å². The first-order valence-corrected chi connectivity index (χ1v) is 23.2. The lowest BCUT2D eigenvalue weighted by molar-refractivity contribution is -0.143. The van der Waals surface area contributed by atoms with Crippen LogP contribution >= 0.6 is 11.8 Å². The Bertz CT molecular complexity index is 1760. The van der Waals surface area contributed by atoms with Crippen molar-refractivity contribution in [3.63, 3.8) is 0 Å². The Morgan fingerprint density at radius 3 is 2.31 bits per heavy atom. The van der Waals surface area contributed by atoms with E-state index >= 15 is 0 Å². The SMILES string of the molecule is CNC(=O)C1CCC(CN2C(=O)CC(SC(C)(C)CCC(=O)/C=C(\C)C[C@H](C)[C@@H](O)[C@H](C)C(=O)[C@H](C)/C=C(C)/C=C/C[C@@H](C)/C=C(C)\C=C\[C@@H]3OC(=O)C=C[C@@H]3C)C2=O)CC1. The number of Topliss-reactive ketones (excluding diaryl/α,β-unsaturated/α-hetero) is 1. The average molecular weight is 863 g/mol. The highest BCUT2D eigenvalue weighted by Crippen LogP contribution is 2.39. The molecule has 3 rings (SSSR count). The van der Waals surface area contributed by atoms with Crippen LogP contribution in [0.1, 0.15) is 127 Å². The van der Waals surface area contributed by atoms with Crippen molar-refractivity contribution in [2.24, 2.45) is 41.4 Å². The average Bonchev–Trinajstić information content (AvgIpc) is 3.45. The number of aliphatic hydroxyl groups excluding tert-OH is 1. The lowest BCUT2D eigenvalue weighted by Gasteiger charge is -2.30. The minimum atomic E-state index is -0.869. The van der Waals surface area contributed by atoms with Gasteiger partial charge in [-0.2, -0.15) is 0 Å². The third kappa shape index (κ3) is 16.8. The molecule has 0 radical (unpaired) electrons. The van der Waals surface area contributed by atoms with E-state index in [4.69, 9.17) is 4.74 Å². The molecule has 0 aromatic carbocycles. The number of carbonyl (C=O) groups is 6. The van der Waals surface area contributed by atoms with E-state index in [1.807, 2.05) is 85.8 Å². The van der Waals surface area contributed by atoms with Crippen LogP contribution in [0.15, 0.2) is 71.4 Å². The first kappa shape index (κ1) is 51.5. The van der Waals surface area contributed by atoms with Crippen LogP contribution in [0, 0.1) is 41.4 Å². The number of rotatable bonds is 22. The van der Waals surface area contributed by atoms with Crippen LogP contribution < -0.4 is 5.32 Å². The molecule has 0 aromatic rings. The molecule has 1 aliphatic carbocycles. The number of aliphatic hydroxyl groups is 1. The summed E-state index contributed by atoms with van der Waals surface area (Å²) in [4.78, 5) is 77.7. The van der Waals surface area contributed by atoms with Gasteiger partial charge in [-0.1, -0.05) is 102 Å². The van der Waals surface area contributed by atoms with Crippen LogP contribution in [-0.4, -0.2) is 81.1 Å². The first-order valence-electron chi connectivity index (χ1n) is 22.4. The van der Waals surface area contributed by atoms with Gasteiger partial charge < -0.3 is 15.2 Å². The van der Waals surface area contributed by atoms with Crippen LogP contribution in [-0.2, 0) is 33.5 Å². The number of allylic oxidation sites excluding steroid dienone is 9. The monoisotopic (exact) mass is 863 g/mol. The molecule has 11 heteroatoms. The molecule has 3 amide bonds. The number of amides is 3. The minimum absolute atomic E-state index is 0.00209. The minimum Gasteiger partial charge on any atom is -0.454 e. The highest BCUT2D eigenvalue weighted by molar-refractivity contribution is 8.02. The summed E-state index contributed by atoms with van der Waals surface area (Å²) in [7, 11) is 1.65. The number of nitrogens with one attached hydrogen (secondary N) is 1. The summed E-state index contributed by atoms with van der Waals surface area (Å²) in [6, 6.07) is 0. The number of cyclic esters (lactones) is 1. The number of hydrogen-bond donors (Lipinski definition) is 2. The second-order valence-corrected chi connectivity index (χ2v) is 20.7. The van der Waals surface area contributed by atoms with Gasteiger partial charge in [-0.25, -0.2) is 4.79 Å². The zero-order chi connectivity index (χ0) is 45.6. The molecule has 0 aromatic heterocycles. The number of imide groups is 1. The Labute approximate surface area is 370 Å². The maximum Gasteiger partial charge on any atom is 0.331 e. The molecule has 1 saturated carbocycles. The molecular formula is C50H74N2O8S. The van der Waals surface area contributed by atoms with Gasteiger partial charge in [0.2, 0.25) is 17.7 Å². The van der Waals surface area contributed by atoms with Crippen molar-refractivity contribution < 1.29 is 38.6 Å². The van der Waals surface area contributed by atoms with Gasteiger partial charge in [0.1, 0.15) is 11.9 Å². The maximum atomic E-state index is 13.4. The van der Waals surface area contributed by atoms with Crippen LogP contribution in [0.5, 0.6) is 0 Å². The van der Waals surface area contributed by atoms with Crippen LogP contribution in [0.2, 0.25) is 0 Å². The van der Waals surface area contributed by atoms with Gasteiger partial charge in [-0.3, -0.25) is 28.9 Å². The lowest BCUT2D eigenvalue weighted by Crippen LogP contribution is -2.38. The molecule has 1 unspecified atom stereocenters. The molecule has 1 saturated heterocycles. The Hall–Kier alpha value is -3.83. The molecular weight excluding hydrogens is 789 g/mol. The number of esters is 1. The fourth-order valence-electron chi connectivity index (χ4n) is 8.64. The smallest absolute Gasteiger partial charge is 0.331 e. The number of thioether (sulfide) groups is 1. The summed E-state index contributed by atoms with van der Waals surface area (Å²) >= 11 is 1.47. The van der Waals surface area contributed by atoms with Gasteiger partial charge in [-0.15, -0.1) is 11.8 Å². The largest absolute Gasteiger partial charge is 0.454 e. The van der Waals surface area contributed by atoms with Crippen LogP contribution in [0.4, 0.5) is 0 Å². The van der Waals surface area contributed by atoms with E-state index in [1.165, 1.54) is 22.7 Å². The first-order chi connectivity index (χ1) is 28.6. The molecule has 0 spiro atoms. The Kier molecular flexibility index (Phi) is 20.4. The Morgan fingerprint density at radius 1 is 1.00 bits per heavy atom. The van der Waals surface area contributed by atoms with E-state index in [9.17, 15) is 33.9 Å². The van der Waals surface area contributed by atoms with Gasteiger partial charge in [0, 0.05) is 60.9 Å². The topological polar surface area (TPSA) is 147 Å². The molecule has 61 heavy (non-hydrogen) atoms. The van der Waals surface area contributed by atoms with E-state index in [1.54, 1.807) is 20.0 Å². The molecule has 3 aliphatic rings. The van der Waals surface area contributed by atoms with E-state index < -0.39 is 22.0 Å². The molecule has 2 aliphatic heterocycles. The maximum absolute atomic E-state index is 13.4. The summed E-state index contributed by atoms with van der Waals surface area (Å²) in [5.74, 6) is -1.18. The van der Waals surface area contributed by atoms with E-state index in [-0.39, 0.29) is 83.3 Å². The van der Waals surface area contributed by atoms with Crippen molar-refractivity contribution in [1.29, 1.82) is 0 Å². The standard InChI is InChI=1S/C50H74N2O8S/c1-31(25-33(3)15-21-42-35(5)16-22-45(55)60-42)13-12-14-32(2)26-36(6)46(56)38(8)47(57)37(7)27-34(4)28-41(53)23-24-50(9,10)61-43-29-44(54)52(49(43)59)30-39-17-19-40(20-18-39)48(58)51-11/h12,14-16,21-22,25-26,28,31,35-40,42-43,47,57H,13,17-20,23-24,27,29-30H2,1-11H3,(H,51,58)/b14-12+,21-15+,32-26+,33-25-,34-28+/t31-,35+,36-,37+,38-,39?,40?,42+,43?,47-/m1/s1. The normalized spacial score (nSPS) is 25.8. The molecule has 10 nitrogen and oxygen atoms in total. The van der Waals surface area contributed by atoms with Crippen molar-refractivity contribution in [3.8, 4) is 0 Å². The lowest BCUT2D eigenvalue weighted by atomic mass is 9.81. The van der Waals surface area contributed by atoms with E-state index in [0.29, 0.717) is 25.8 Å². The van der Waals surface area contributed by atoms with Crippen molar-refractivity contribution in [1.82, 2.24) is 10.2 Å². The van der Waals surface area contributed by atoms with Crippen LogP contribution in [0.3, 0.4) is 0 Å². The Balaban J connectivity index is 1.42. The molecule has 2 heterocycles. The molecule has 338 valence electrons.